The molecule has 0 unspecified atom stereocenters. The first-order valence-corrected chi connectivity index (χ1v) is 8.37. The van der Waals surface area contributed by atoms with Gasteiger partial charge in [0.1, 0.15) is 0 Å². The van der Waals surface area contributed by atoms with E-state index >= 15 is 0 Å². The van der Waals surface area contributed by atoms with Crippen LogP contribution in [-0.4, -0.2) is 25.2 Å². The van der Waals surface area contributed by atoms with Gasteiger partial charge >= 0.3 is 0 Å². The lowest BCUT2D eigenvalue weighted by atomic mass is 10.2. The molecule has 0 aliphatic heterocycles. The molecule has 1 aromatic heterocycles. The molecule has 0 aliphatic rings. The second-order valence-electron chi connectivity index (χ2n) is 4.75. The van der Waals surface area contributed by atoms with Gasteiger partial charge in [0.2, 0.25) is 10.0 Å². The molecule has 21 heavy (non-hydrogen) atoms. The average molecular weight is 308 g/mol. The molecule has 0 spiro atoms. The highest BCUT2D eigenvalue weighted by Crippen LogP contribution is 2.11. The Labute approximate surface area is 125 Å². The lowest BCUT2D eigenvalue weighted by molar-refractivity contribution is 0.581. The third-order valence-corrected chi connectivity index (χ3v) is 4.43. The highest BCUT2D eigenvalue weighted by molar-refractivity contribution is 7.89. The van der Waals surface area contributed by atoms with Crippen molar-refractivity contribution in [2.75, 3.05) is 6.54 Å². The number of aromatic nitrogens is 2. The van der Waals surface area contributed by atoms with Crippen molar-refractivity contribution in [3.8, 4) is 0 Å². The third-order valence-electron chi connectivity index (χ3n) is 3.01. The summed E-state index contributed by atoms with van der Waals surface area (Å²) in [7, 11) is -3.49. The average Bonchev–Trinajstić information content (AvgIpc) is 3.00. The van der Waals surface area contributed by atoms with Crippen LogP contribution in [0.15, 0.2) is 41.6 Å². The van der Waals surface area contributed by atoms with Gasteiger partial charge in [0.25, 0.3) is 0 Å². The van der Waals surface area contributed by atoms with E-state index in [9.17, 15) is 8.42 Å². The molecule has 0 bridgehead atoms. The molecule has 2 rings (SSSR count). The van der Waals surface area contributed by atoms with Gasteiger partial charge in [-0.25, -0.2) is 13.1 Å². The molecule has 0 saturated carbocycles. The summed E-state index contributed by atoms with van der Waals surface area (Å²) >= 11 is 0. The predicted molar refractivity (Wildman–Crippen MR) is 81.1 cm³/mol. The molecule has 6 nitrogen and oxygen atoms in total. The molecule has 0 amide bonds. The summed E-state index contributed by atoms with van der Waals surface area (Å²) in [5.74, 6) is 0. The molecule has 2 aromatic rings. The number of hydrogen-bond acceptors (Lipinski definition) is 4. The van der Waals surface area contributed by atoms with E-state index in [4.69, 9.17) is 0 Å². The van der Waals surface area contributed by atoms with Crippen molar-refractivity contribution in [2.45, 2.75) is 31.3 Å². The molecule has 3 N–H and O–H groups in total. The number of hydrogen-bond donors (Lipinski definition) is 3. The first-order chi connectivity index (χ1) is 10.1. The minimum absolute atomic E-state index is 0.221. The number of H-pyrrole nitrogens is 1. The molecule has 0 radical (unpaired) electrons. The van der Waals surface area contributed by atoms with Crippen molar-refractivity contribution in [1.82, 2.24) is 20.2 Å². The summed E-state index contributed by atoms with van der Waals surface area (Å²) < 4.78 is 26.8. The summed E-state index contributed by atoms with van der Waals surface area (Å²) in [5.41, 5.74) is 1.86. The standard InChI is InChI=1S/C14H20N4O2S/c1-2-7-15-8-12-3-5-14(6-4-12)21(19,20)18-11-13-9-16-17-10-13/h3-6,9-10,15,18H,2,7-8,11H2,1H3,(H,16,17). The summed E-state index contributed by atoms with van der Waals surface area (Å²) in [5, 5.41) is 9.70. The Balaban J connectivity index is 1.96. The summed E-state index contributed by atoms with van der Waals surface area (Å²) in [4.78, 5) is 0.269. The Kier molecular flexibility index (Phi) is 5.49. The summed E-state index contributed by atoms with van der Waals surface area (Å²) in [6.07, 6.45) is 4.32. The van der Waals surface area contributed by atoms with E-state index in [0.717, 1.165) is 30.6 Å². The smallest absolute Gasteiger partial charge is 0.240 e. The predicted octanol–water partition coefficient (Wildman–Crippen LogP) is 1.39. The number of sulfonamides is 1. The zero-order valence-electron chi connectivity index (χ0n) is 12.0. The number of nitrogens with one attached hydrogen (secondary N) is 3. The second kappa shape index (κ2) is 7.35. The van der Waals surface area contributed by atoms with Crippen LogP contribution < -0.4 is 10.0 Å². The van der Waals surface area contributed by atoms with E-state index in [1.807, 2.05) is 12.1 Å². The lowest BCUT2D eigenvalue weighted by Gasteiger charge is -2.07. The van der Waals surface area contributed by atoms with E-state index in [1.54, 1.807) is 24.5 Å². The van der Waals surface area contributed by atoms with E-state index in [2.05, 4.69) is 27.2 Å². The van der Waals surface area contributed by atoms with Crippen LogP contribution in [0.25, 0.3) is 0 Å². The van der Waals surface area contributed by atoms with Crippen LogP contribution in [0.1, 0.15) is 24.5 Å². The number of benzene rings is 1. The summed E-state index contributed by atoms with van der Waals surface area (Å²) in [6.45, 7) is 4.02. The first kappa shape index (κ1) is 15.7. The van der Waals surface area contributed by atoms with Gasteiger partial charge in [0, 0.05) is 24.8 Å². The van der Waals surface area contributed by atoms with Crippen LogP contribution in [0, 0.1) is 0 Å². The van der Waals surface area contributed by atoms with Gasteiger partial charge < -0.3 is 5.32 Å². The Hall–Kier alpha value is -1.70. The minimum Gasteiger partial charge on any atom is -0.313 e. The van der Waals surface area contributed by atoms with Gasteiger partial charge in [-0.05, 0) is 30.7 Å². The topological polar surface area (TPSA) is 86.9 Å². The van der Waals surface area contributed by atoms with Crippen molar-refractivity contribution >= 4 is 10.0 Å². The highest BCUT2D eigenvalue weighted by atomic mass is 32.2. The van der Waals surface area contributed by atoms with Crippen molar-refractivity contribution in [3.63, 3.8) is 0 Å². The Bertz CT molecular complexity index is 636. The zero-order chi connectivity index (χ0) is 15.1. The molecule has 114 valence electrons. The van der Waals surface area contributed by atoms with E-state index < -0.39 is 10.0 Å². The maximum Gasteiger partial charge on any atom is 0.240 e. The van der Waals surface area contributed by atoms with Gasteiger partial charge in [-0.1, -0.05) is 19.1 Å². The van der Waals surface area contributed by atoms with Crippen molar-refractivity contribution < 1.29 is 8.42 Å². The van der Waals surface area contributed by atoms with E-state index in [-0.39, 0.29) is 11.4 Å². The highest BCUT2D eigenvalue weighted by Gasteiger charge is 2.13. The quantitative estimate of drug-likeness (QED) is 0.643. The van der Waals surface area contributed by atoms with Crippen molar-refractivity contribution in [3.05, 3.63) is 47.8 Å². The lowest BCUT2D eigenvalue weighted by Crippen LogP contribution is -2.23. The number of rotatable bonds is 8. The fraction of sp³-hybridized carbons (Fsp3) is 0.357. The van der Waals surface area contributed by atoms with Gasteiger partial charge in [0.15, 0.2) is 0 Å². The SMILES string of the molecule is CCCNCc1ccc(S(=O)(=O)NCc2cn[nH]c2)cc1. The van der Waals surface area contributed by atoms with E-state index in [1.165, 1.54) is 0 Å². The van der Waals surface area contributed by atoms with Crippen LogP contribution in [0.3, 0.4) is 0 Å². The molecular weight excluding hydrogens is 288 g/mol. The second-order valence-corrected chi connectivity index (χ2v) is 6.52. The molecular formula is C14H20N4O2S. The van der Waals surface area contributed by atoms with Crippen molar-refractivity contribution in [2.24, 2.45) is 0 Å². The van der Waals surface area contributed by atoms with Crippen LogP contribution >= 0.6 is 0 Å². The Morgan fingerprint density at radius 1 is 1.14 bits per heavy atom. The van der Waals surface area contributed by atoms with Crippen LogP contribution in [0.5, 0.6) is 0 Å². The fourth-order valence-electron chi connectivity index (χ4n) is 1.83. The fourth-order valence-corrected chi connectivity index (χ4v) is 2.85. The summed E-state index contributed by atoms with van der Waals surface area (Å²) in [6, 6.07) is 6.91. The normalized spacial score (nSPS) is 11.7. The molecule has 7 heteroatoms. The van der Waals surface area contributed by atoms with Crippen LogP contribution in [0.4, 0.5) is 0 Å². The maximum absolute atomic E-state index is 12.1. The monoisotopic (exact) mass is 308 g/mol. The third kappa shape index (κ3) is 4.66. The minimum atomic E-state index is -3.49. The Morgan fingerprint density at radius 2 is 1.90 bits per heavy atom. The van der Waals surface area contributed by atoms with Gasteiger partial charge in [0.05, 0.1) is 11.1 Å². The first-order valence-electron chi connectivity index (χ1n) is 6.89. The van der Waals surface area contributed by atoms with Crippen LogP contribution in [0.2, 0.25) is 0 Å². The molecule has 0 saturated heterocycles. The molecule has 0 atom stereocenters. The number of aromatic amines is 1. The van der Waals surface area contributed by atoms with Crippen molar-refractivity contribution in [1.29, 1.82) is 0 Å². The maximum atomic E-state index is 12.1. The van der Waals surface area contributed by atoms with Crippen LogP contribution in [-0.2, 0) is 23.1 Å². The molecule has 1 aromatic carbocycles. The van der Waals surface area contributed by atoms with E-state index in [0.29, 0.717) is 0 Å². The van der Waals surface area contributed by atoms with Gasteiger partial charge in [-0.15, -0.1) is 0 Å². The largest absolute Gasteiger partial charge is 0.313 e. The van der Waals surface area contributed by atoms with Gasteiger partial charge in [-0.3, -0.25) is 5.10 Å². The number of nitrogens with zero attached hydrogens (tertiary/aromatic N) is 1. The molecule has 0 aliphatic carbocycles. The van der Waals surface area contributed by atoms with Gasteiger partial charge in [-0.2, -0.15) is 5.10 Å². The molecule has 0 fully saturated rings. The Morgan fingerprint density at radius 3 is 2.52 bits per heavy atom. The molecule has 1 heterocycles. The zero-order valence-corrected chi connectivity index (χ0v) is 12.8.